The van der Waals surface area contributed by atoms with Crippen LogP contribution in [0.2, 0.25) is 0 Å². The van der Waals surface area contributed by atoms with Crippen molar-refractivity contribution in [3.05, 3.63) is 54.6 Å². The topological polar surface area (TPSA) is 67.3 Å². The minimum Gasteiger partial charge on any atom is -0.399 e. The summed E-state index contributed by atoms with van der Waals surface area (Å²) < 4.78 is 0. The first-order chi connectivity index (χ1) is 8.66. The van der Waals surface area contributed by atoms with Crippen LogP contribution in [0.5, 0.6) is 0 Å². The zero-order valence-electron chi connectivity index (χ0n) is 9.71. The fraction of sp³-hybridized carbons (Fsp3) is 0. The van der Waals surface area contributed by atoms with Gasteiger partial charge in [-0.2, -0.15) is 0 Å². The van der Waals surface area contributed by atoms with Crippen molar-refractivity contribution in [2.75, 3.05) is 10.7 Å². The minimum atomic E-state index is 0.204. The van der Waals surface area contributed by atoms with Crippen molar-refractivity contribution in [1.29, 1.82) is 0 Å². The van der Waals surface area contributed by atoms with Crippen molar-refractivity contribution < 1.29 is 0 Å². The molecule has 0 aliphatic heterocycles. The second-order valence-electron chi connectivity index (χ2n) is 3.74. The largest absolute Gasteiger partial charge is 0.399 e. The maximum absolute atomic E-state index is 5.68. The number of para-hydroxylation sites is 1. The number of nitrogen functional groups attached to an aromatic ring is 1. The molecule has 5 heteroatoms. The molecule has 0 fully saturated rings. The van der Waals surface area contributed by atoms with Gasteiger partial charge in [0, 0.05) is 5.69 Å². The van der Waals surface area contributed by atoms with Gasteiger partial charge < -0.3 is 11.5 Å². The standard InChI is InChI=1S/C13H14N4S/c14-10-6-8-12(9-7-10)17(16-13(15)18)11-4-2-1-3-5-11/h1-9H,14H2,(H3,15,16,18). The predicted octanol–water partition coefficient (Wildman–Crippen LogP) is 2.16. The van der Waals surface area contributed by atoms with Gasteiger partial charge in [-0.05, 0) is 48.6 Å². The molecule has 0 unspecified atom stereocenters. The lowest BCUT2D eigenvalue weighted by atomic mass is 10.2. The Bertz CT molecular complexity index is 524. The van der Waals surface area contributed by atoms with E-state index in [1.54, 1.807) is 0 Å². The van der Waals surface area contributed by atoms with E-state index in [4.69, 9.17) is 23.7 Å². The number of hydrazine groups is 1. The number of benzene rings is 2. The fourth-order valence-electron chi connectivity index (χ4n) is 1.59. The molecule has 4 nitrogen and oxygen atoms in total. The van der Waals surface area contributed by atoms with E-state index in [-0.39, 0.29) is 5.11 Å². The number of rotatable bonds is 3. The van der Waals surface area contributed by atoms with Crippen molar-refractivity contribution in [1.82, 2.24) is 5.43 Å². The number of hydrogen-bond acceptors (Lipinski definition) is 3. The molecule has 5 N–H and O–H groups in total. The van der Waals surface area contributed by atoms with E-state index < -0.39 is 0 Å². The second kappa shape index (κ2) is 5.37. The van der Waals surface area contributed by atoms with Crippen LogP contribution in [0.3, 0.4) is 0 Å². The van der Waals surface area contributed by atoms with Gasteiger partial charge >= 0.3 is 0 Å². The molecule has 0 bridgehead atoms. The Morgan fingerprint density at radius 3 is 2.06 bits per heavy atom. The molecule has 0 amide bonds. The van der Waals surface area contributed by atoms with Gasteiger partial charge in [-0.15, -0.1) is 0 Å². The van der Waals surface area contributed by atoms with Crippen LogP contribution in [-0.2, 0) is 0 Å². The maximum Gasteiger partial charge on any atom is 0.183 e. The van der Waals surface area contributed by atoms with Crippen LogP contribution in [0.15, 0.2) is 54.6 Å². The average Bonchev–Trinajstić information content (AvgIpc) is 2.38. The molecular formula is C13H14N4S. The molecule has 0 heterocycles. The van der Waals surface area contributed by atoms with Crippen molar-refractivity contribution in [3.8, 4) is 0 Å². The summed E-state index contributed by atoms with van der Waals surface area (Å²) in [4.78, 5) is 0. The summed E-state index contributed by atoms with van der Waals surface area (Å²) >= 11 is 4.90. The Labute approximate surface area is 111 Å². The Morgan fingerprint density at radius 2 is 1.50 bits per heavy atom. The van der Waals surface area contributed by atoms with Gasteiger partial charge in [0.1, 0.15) is 0 Å². The first-order valence-electron chi connectivity index (χ1n) is 5.43. The summed E-state index contributed by atoms with van der Waals surface area (Å²) in [6.07, 6.45) is 0. The maximum atomic E-state index is 5.68. The normalized spacial score (nSPS) is 9.78. The Morgan fingerprint density at radius 1 is 0.944 bits per heavy atom. The van der Waals surface area contributed by atoms with Crippen LogP contribution < -0.4 is 21.9 Å². The monoisotopic (exact) mass is 258 g/mol. The molecule has 0 aliphatic rings. The highest BCUT2D eigenvalue weighted by Crippen LogP contribution is 2.23. The van der Waals surface area contributed by atoms with E-state index in [0.29, 0.717) is 5.69 Å². The van der Waals surface area contributed by atoms with Gasteiger partial charge in [0.05, 0.1) is 11.4 Å². The van der Waals surface area contributed by atoms with E-state index >= 15 is 0 Å². The van der Waals surface area contributed by atoms with Gasteiger partial charge in [-0.3, -0.25) is 10.4 Å². The lowest BCUT2D eigenvalue weighted by molar-refractivity contribution is 0.937. The first-order valence-corrected chi connectivity index (χ1v) is 5.84. The molecule has 0 saturated heterocycles. The Hall–Kier alpha value is -2.27. The predicted molar refractivity (Wildman–Crippen MR) is 79.4 cm³/mol. The molecule has 0 atom stereocenters. The van der Waals surface area contributed by atoms with Gasteiger partial charge in [0.2, 0.25) is 0 Å². The summed E-state index contributed by atoms with van der Waals surface area (Å²) in [5.41, 5.74) is 16.7. The Balaban J connectivity index is 2.36. The highest BCUT2D eigenvalue weighted by molar-refractivity contribution is 7.80. The summed E-state index contributed by atoms with van der Waals surface area (Å²) in [6, 6.07) is 17.2. The quantitative estimate of drug-likeness (QED) is 0.447. The molecule has 92 valence electrons. The lowest BCUT2D eigenvalue weighted by Gasteiger charge is -2.25. The summed E-state index contributed by atoms with van der Waals surface area (Å²) in [6.45, 7) is 0. The van der Waals surface area contributed by atoms with Crippen molar-refractivity contribution in [2.45, 2.75) is 0 Å². The zero-order valence-corrected chi connectivity index (χ0v) is 10.5. The van der Waals surface area contributed by atoms with Gasteiger partial charge in [0.15, 0.2) is 5.11 Å². The molecule has 0 saturated carbocycles. The molecule has 0 aromatic heterocycles. The molecule has 2 aromatic rings. The molecule has 0 spiro atoms. The van der Waals surface area contributed by atoms with Crippen molar-refractivity contribution in [2.24, 2.45) is 5.73 Å². The van der Waals surface area contributed by atoms with E-state index in [0.717, 1.165) is 11.4 Å². The van der Waals surface area contributed by atoms with Gasteiger partial charge in [-0.1, -0.05) is 18.2 Å². The van der Waals surface area contributed by atoms with E-state index in [1.165, 1.54) is 0 Å². The molecular weight excluding hydrogens is 244 g/mol. The minimum absolute atomic E-state index is 0.204. The van der Waals surface area contributed by atoms with Crippen LogP contribution >= 0.6 is 12.2 Å². The van der Waals surface area contributed by atoms with Crippen LogP contribution in [0.25, 0.3) is 0 Å². The SMILES string of the molecule is NC(=S)NN(c1ccccc1)c1ccc(N)cc1. The van der Waals surface area contributed by atoms with Crippen molar-refractivity contribution in [3.63, 3.8) is 0 Å². The Kier molecular flexibility index (Phi) is 3.64. The third kappa shape index (κ3) is 2.89. The smallest absolute Gasteiger partial charge is 0.183 e. The second-order valence-corrected chi connectivity index (χ2v) is 4.18. The highest BCUT2D eigenvalue weighted by Gasteiger charge is 2.08. The van der Waals surface area contributed by atoms with Crippen LogP contribution in [0.1, 0.15) is 0 Å². The molecule has 0 aliphatic carbocycles. The third-order valence-electron chi connectivity index (χ3n) is 2.39. The van der Waals surface area contributed by atoms with Gasteiger partial charge in [-0.25, -0.2) is 0 Å². The third-order valence-corrected chi connectivity index (χ3v) is 2.48. The number of anilines is 3. The molecule has 0 radical (unpaired) electrons. The van der Waals surface area contributed by atoms with Crippen LogP contribution in [0, 0.1) is 0 Å². The number of thiocarbonyl (C=S) groups is 1. The average molecular weight is 258 g/mol. The summed E-state index contributed by atoms with van der Waals surface area (Å²) in [5, 5.41) is 2.01. The number of nitrogens with two attached hydrogens (primary N) is 2. The fourth-order valence-corrected chi connectivity index (χ4v) is 1.68. The van der Waals surface area contributed by atoms with E-state index in [2.05, 4.69) is 5.43 Å². The highest BCUT2D eigenvalue weighted by atomic mass is 32.1. The van der Waals surface area contributed by atoms with E-state index in [9.17, 15) is 0 Å². The summed E-state index contributed by atoms with van der Waals surface area (Å²) in [5.74, 6) is 0. The molecule has 18 heavy (non-hydrogen) atoms. The molecule has 2 aromatic carbocycles. The summed E-state index contributed by atoms with van der Waals surface area (Å²) in [7, 11) is 0. The van der Waals surface area contributed by atoms with Crippen LogP contribution in [-0.4, -0.2) is 5.11 Å². The van der Waals surface area contributed by atoms with E-state index in [1.807, 2.05) is 59.6 Å². The van der Waals surface area contributed by atoms with Gasteiger partial charge in [0.25, 0.3) is 0 Å². The molecule has 2 rings (SSSR count). The van der Waals surface area contributed by atoms with Crippen molar-refractivity contribution >= 4 is 34.4 Å². The lowest BCUT2D eigenvalue weighted by Crippen LogP contribution is -2.42. The number of nitrogens with zero attached hydrogens (tertiary/aromatic N) is 1. The first kappa shape index (κ1) is 12.2. The van der Waals surface area contributed by atoms with Crippen LogP contribution in [0.4, 0.5) is 17.1 Å². The number of nitrogens with one attached hydrogen (secondary N) is 1. The number of hydrogen-bond donors (Lipinski definition) is 3. The zero-order chi connectivity index (χ0) is 13.0.